The fourth-order valence-corrected chi connectivity index (χ4v) is 2.75. The van der Waals surface area contributed by atoms with Crippen molar-refractivity contribution in [2.24, 2.45) is 5.73 Å². The van der Waals surface area contributed by atoms with Gasteiger partial charge in [0.2, 0.25) is 0 Å². The number of halogens is 3. The first-order valence-electron chi connectivity index (χ1n) is 5.51. The summed E-state index contributed by atoms with van der Waals surface area (Å²) in [6.07, 6.45) is 0.802. The molecule has 0 heterocycles. The van der Waals surface area contributed by atoms with Crippen molar-refractivity contribution >= 4 is 50.1 Å². The highest BCUT2D eigenvalue weighted by atomic mass is 127. The van der Waals surface area contributed by atoms with Gasteiger partial charge in [0.25, 0.3) is 0 Å². The minimum Gasteiger partial charge on any atom is -0.324 e. The zero-order valence-corrected chi connectivity index (χ0v) is 14.0. The van der Waals surface area contributed by atoms with Crippen LogP contribution in [-0.2, 0) is 6.42 Å². The minimum atomic E-state index is -0.0335. The molecule has 0 aliphatic carbocycles. The third kappa shape index (κ3) is 3.70. The predicted molar refractivity (Wildman–Crippen MR) is 88.9 cm³/mol. The van der Waals surface area contributed by atoms with Crippen LogP contribution in [0.1, 0.15) is 17.2 Å². The van der Waals surface area contributed by atoms with E-state index in [0.717, 1.165) is 25.0 Å². The van der Waals surface area contributed by atoms with E-state index in [1.165, 1.54) is 5.56 Å². The van der Waals surface area contributed by atoms with Gasteiger partial charge in [0.05, 0.1) is 5.02 Å². The number of hydrogen-bond donors (Lipinski definition) is 1. The van der Waals surface area contributed by atoms with Gasteiger partial charge < -0.3 is 5.73 Å². The van der Waals surface area contributed by atoms with E-state index in [1.54, 1.807) is 0 Å². The molecule has 0 aliphatic rings. The van der Waals surface area contributed by atoms with Gasteiger partial charge >= 0.3 is 0 Å². The number of hydrogen-bond acceptors (Lipinski definition) is 1. The molecule has 0 radical (unpaired) electrons. The van der Waals surface area contributed by atoms with Gasteiger partial charge in [-0.05, 0) is 64.4 Å². The Morgan fingerprint density at radius 2 is 2.00 bits per heavy atom. The normalized spacial score (nSPS) is 12.4. The van der Waals surface area contributed by atoms with Crippen molar-refractivity contribution in [2.75, 3.05) is 0 Å². The van der Waals surface area contributed by atoms with Crippen LogP contribution in [-0.4, -0.2) is 0 Å². The quantitative estimate of drug-likeness (QED) is 0.677. The second kappa shape index (κ2) is 6.37. The molecule has 2 N–H and O–H groups in total. The van der Waals surface area contributed by atoms with E-state index in [1.807, 2.05) is 30.3 Å². The maximum Gasteiger partial charge on any atom is 0.0542 e. The van der Waals surface area contributed by atoms with Crippen molar-refractivity contribution in [3.05, 3.63) is 66.7 Å². The largest absolute Gasteiger partial charge is 0.324 e. The summed E-state index contributed by atoms with van der Waals surface area (Å²) < 4.78 is 2.13. The SMILES string of the molecule is NC(Cc1cccc(Br)c1)c1ccc(I)c(Cl)c1. The molecule has 0 saturated heterocycles. The molecule has 1 atom stereocenters. The Hall–Kier alpha value is -0.100. The summed E-state index contributed by atoms with van der Waals surface area (Å²) in [5.74, 6) is 0. The van der Waals surface area contributed by atoms with Crippen LogP contribution in [0.5, 0.6) is 0 Å². The van der Waals surface area contributed by atoms with Crippen LogP contribution in [0.15, 0.2) is 46.9 Å². The summed E-state index contributed by atoms with van der Waals surface area (Å²) in [6, 6.07) is 14.2. The zero-order valence-electron chi connectivity index (χ0n) is 9.54. The van der Waals surface area contributed by atoms with Gasteiger partial charge in [0, 0.05) is 14.1 Å². The fraction of sp³-hybridized carbons (Fsp3) is 0.143. The van der Waals surface area contributed by atoms with Crippen molar-refractivity contribution in [1.29, 1.82) is 0 Å². The van der Waals surface area contributed by atoms with Crippen LogP contribution < -0.4 is 5.73 Å². The molecule has 2 aromatic rings. The first-order chi connectivity index (χ1) is 8.56. The Balaban J connectivity index is 2.16. The van der Waals surface area contributed by atoms with Gasteiger partial charge in [-0.2, -0.15) is 0 Å². The van der Waals surface area contributed by atoms with Crippen LogP contribution in [0.25, 0.3) is 0 Å². The topological polar surface area (TPSA) is 26.0 Å². The van der Waals surface area contributed by atoms with Gasteiger partial charge in [0.15, 0.2) is 0 Å². The highest BCUT2D eigenvalue weighted by Crippen LogP contribution is 2.24. The second-order valence-corrected chi connectivity index (χ2v) is 6.60. The Labute approximate surface area is 134 Å². The summed E-state index contributed by atoms with van der Waals surface area (Å²) in [5, 5.41) is 0.762. The van der Waals surface area contributed by atoms with Crippen molar-refractivity contribution in [2.45, 2.75) is 12.5 Å². The lowest BCUT2D eigenvalue weighted by atomic mass is 10.00. The van der Waals surface area contributed by atoms with Crippen molar-refractivity contribution in [3.63, 3.8) is 0 Å². The fourth-order valence-electron chi connectivity index (χ4n) is 1.78. The molecule has 1 unspecified atom stereocenters. The third-order valence-corrected chi connectivity index (χ3v) is 4.78. The van der Waals surface area contributed by atoms with Crippen LogP contribution >= 0.6 is 50.1 Å². The summed E-state index contributed by atoms with van der Waals surface area (Å²) in [7, 11) is 0. The monoisotopic (exact) mass is 435 g/mol. The maximum atomic E-state index is 6.22. The van der Waals surface area contributed by atoms with E-state index in [4.69, 9.17) is 17.3 Å². The van der Waals surface area contributed by atoms with Crippen LogP contribution in [0.2, 0.25) is 5.02 Å². The molecule has 2 rings (SSSR count). The van der Waals surface area contributed by atoms with Crippen LogP contribution in [0.3, 0.4) is 0 Å². The Bertz CT molecular complexity index is 559. The summed E-state index contributed by atoms with van der Waals surface area (Å²) >= 11 is 11.8. The molecule has 0 fully saturated rings. The Morgan fingerprint density at radius 1 is 1.22 bits per heavy atom. The van der Waals surface area contributed by atoms with Crippen molar-refractivity contribution in [1.82, 2.24) is 0 Å². The van der Waals surface area contributed by atoms with E-state index in [-0.39, 0.29) is 6.04 Å². The smallest absolute Gasteiger partial charge is 0.0542 e. The molecule has 2 aromatic carbocycles. The van der Waals surface area contributed by atoms with Gasteiger partial charge in [-0.3, -0.25) is 0 Å². The Morgan fingerprint density at radius 3 is 2.67 bits per heavy atom. The number of rotatable bonds is 3. The second-order valence-electron chi connectivity index (χ2n) is 4.11. The maximum absolute atomic E-state index is 6.22. The van der Waals surface area contributed by atoms with Crippen LogP contribution in [0, 0.1) is 3.57 Å². The molecule has 0 aliphatic heterocycles. The molecule has 94 valence electrons. The molecular weight excluding hydrogens is 424 g/mol. The van der Waals surface area contributed by atoms with E-state index < -0.39 is 0 Å². The lowest BCUT2D eigenvalue weighted by Gasteiger charge is -2.13. The van der Waals surface area contributed by atoms with Crippen LogP contribution in [0.4, 0.5) is 0 Å². The Kier molecular flexibility index (Phi) is 5.06. The number of nitrogens with two attached hydrogens (primary N) is 1. The molecule has 4 heteroatoms. The summed E-state index contributed by atoms with van der Waals surface area (Å²) in [5.41, 5.74) is 8.50. The van der Waals surface area contributed by atoms with E-state index in [0.29, 0.717) is 0 Å². The number of benzene rings is 2. The van der Waals surface area contributed by atoms with Crippen molar-refractivity contribution in [3.8, 4) is 0 Å². The lowest BCUT2D eigenvalue weighted by Crippen LogP contribution is -2.13. The van der Waals surface area contributed by atoms with E-state index in [9.17, 15) is 0 Å². The minimum absolute atomic E-state index is 0.0335. The standard InChI is InChI=1S/C14H12BrClIN/c15-11-3-1-2-9(6-11)7-14(18)10-4-5-13(17)12(16)8-10/h1-6,8,14H,7,18H2. The average molecular weight is 437 g/mol. The summed E-state index contributed by atoms with van der Waals surface area (Å²) in [4.78, 5) is 0. The molecule has 0 saturated carbocycles. The molecule has 0 bridgehead atoms. The lowest BCUT2D eigenvalue weighted by molar-refractivity contribution is 0.721. The summed E-state index contributed by atoms with van der Waals surface area (Å²) in [6.45, 7) is 0. The first-order valence-corrected chi connectivity index (χ1v) is 7.76. The highest BCUT2D eigenvalue weighted by Gasteiger charge is 2.09. The van der Waals surface area contributed by atoms with Crippen molar-refractivity contribution < 1.29 is 0 Å². The average Bonchev–Trinajstić information content (AvgIpc) is 2.32. The van der Waals surface area contributed by atoms with Gasteiger partial charge in [-0.15, -0.1) is 0 Å². The third-order valence-electron chi connectivity index (χ3n) is 2.72. The van der Waals surface area contributed by atoms with Gasteiger partial charge in [0.1, 0.15) is 0 Å². The molecular formula is C14H12BrClIN. The van der Waals surface area contributed by atoms with Gasteiger partial charge in [-0.25, -0.2) is 0 Å². The molecule has 0 aromatic heterocycles. The van der Waals surface area contributed by atoms with Gasteiger partial charge in [-0.1, -0.05) is 45.7 Å². The molecule has 0 amide bonds. The zero-order chi connectivity index (χ0) is 13.1. The first kappa shape index (κ1) is 14.3. The molecule has 18 heavy (non-hydrogen) atoms. The van der Waals surface area contributed by atoms with E-state index >= 15 is 0 Å². The predicted octanol–water partition coefficient (Wildman–Crippen LogP) is 4.95. The van der Waals surface area contributed by atoms with E-state index in [2.05, 4.69) is 50.7 Å². The molecule has 0 spiro atoms. The highest BCUT2D eigenvalue weighted by molar-refractivity contribution is 14.1. The molecule has 1 nitrogen and oxygen atoms in total.